The van der Waals surface area contributed by atoms with E-state index in [1.165, 1.54) is 12.1 Å². The van der Waals surface area contributed by atoms with Crippen molar-refractivity contribution >= 4 is 0 Å². The van der Waals surface area contributed by atoms with E-state index >= 15 is 0 Å². The molecule has 0 bridgehead atoms. The van der Waals surface area contributed by atoms with Crippen molar-refractivity contribution in [3.8, 4) is 17.6 Å². The lowest BCUT2D eigenvalue weighted by molar-refractivity contribution is -0.142. The second-order valence-electron chi connectivity index (χ2n) is 6.29. The quantitative estimate of drug-likeness (QED) is 0.653. The van der Waals surface area contributed by atoms with Gasteiger partial charge >= 0.3 is 6.18 Å². The van der Waals surface area contributed by atoms with Crippen LogP contribution in [-0.2, 0) is 6.18 Å². The van der Waals surface area contributed by atoms with Gasteiger partial charge in [0.1, 0.15) is 17.5 Å². The lowest BCUT2D eigenvalue weighted by atomic mass is 9.84. The second kappa shape index (κ2) is 6.67. The molecule has 0 saturated heterocycles. The number of nitriles is 1. The van der Waals surface area contributed by atoms with Gasteiger partial charge in [-0.25, -0.2) is 4.39 Å². The van der Waals surface area contributed by atoms with Crippen molar-refractivity contribution in [1.82, 2.24) is 9.78 Å². The van der Waals surface area contributed by atoms with Crippen LogP contribution in [0.1, 0.15) is 22.7 Å². The minimum atomic E-state index is -4.82. The van der Waals surface area contributed by atoms with Crippen LogP contribution in [-0.4, -0.2) is 9.78 Å². The summed E-state index contributed by atoms with van der Waals surface area (Å²) >= 11 is 0. The summed E-state index contributed by atoms with van der Waals surface area (Å²) < 4.78 is 61.4. The highest BCUT2D eigenvalue weighted by Crippen LogP contribution is 2.48. The Bertz CT molecular complexity index is 1140. The third-order valence-corrected chi connectivity index (χ3v) is 4.52. The molecule has 2 aromatic carbocycles. The highest BCUT2D eigenvalue weighted by Gasteiger charge is 2.46. The number of rotatable bonds is 2. The number of benzene rings is 2. The zero-order chi connectivity index (χ0) is 20.8. The molecule has 0 amide bonds. The number of hydrogen-bond donors (Lipinski definition) is 1. The summed E-state index contributed by atoms with van der Waals surface area (Å²) in [5.74, 6) is -2.35. The number of allylic oxidation sites excluding steroid dienone is 1. The minimum absolute atomic E-state index is 0.206. The van der Waals surface area contributed by atoms with Gasteiger partial charge in [0.05, 0.1) is 17.2 Å². The van der Waals surface area contributed by atoms with Gasteiger partial charge in [0.15, 0.2) is 5.69 Å². The average molecular weight is 400 g/mol. The largest absolute Gasteiger partial charge is 0.435 e. The maximum Gasteiger partial charge on any atom is 0.435 e. The molecule has 0 radical (unpaired) electrons. The molecule has 29 heavy (non-hydrogen) atoms. The van der Waals surface area contributed by atoms with E-state index in [9.17, 15) is 22.8 Å². The third-order valence-electron chi connectivity index (χ3n) is 4.52. The Labute approximate surface area is 162 Å². The molecule has 0 aliphatic carbocycles. The van der Waals surface area contributed by atoms with Gasteiger partial charge in [-0.05, 0) is 29.8 Å². The lowest BCUT2D eigenvalue weighted by Crippen LogP contribution is -2.23. The van der Waals surface area contributed by atoms with Gasteiger partial charge in [0, 0.05) is 0 Å². The number of alkyl halides is 3. The van der Waals surface area contributed by atoms with Crippen LogP contribution < -0.4 is 10.5 Å². The average Bonchev–Trinajstić information content (AvgIpc) is 3.08. The fourth-order valence-electron chi connectivity index (χ4n) is 3.28. The van der Waals surface area contributed by atoms with E-state index in [2.05, 4.69) is 5.10 Å². The first-order chi connectivity index (χ1) is 13.8. The Hall–Kier alpha value is -3.80. The number of fused-ring (bicyclic) bond motifs is 1. The number of nitrogens with two attached hydrogens (primary N) is 1. The number of para-hydroxylation sites is 1. The third kappa shape index (κ3) is 3.08. The molecule has 146 valence electrons. The van der Waals surface area contributed by atoms with Crippen molar-refractivity contribution in [2.45, 2.75) is 12.1 Å². The highest BCUT2D eigenvalue weighted by atomic mass is 19.4. The van der Waals surface area contributed by atoms with Crippen molar-refractivity contribution in [3.05, 3.63) is 88.7 Å². The summed E-state index contributed by atoms with van der Waals surface area (Å²) in [4.78, 5) is 0. The van der Waals surface area contributed by atoms with Crippen LogP contribution in [0.25, 0.3) is 5.69 Å². The van der Waals surface area contributed by atoms with Crippen molar-refractivity contribution < 1.29 is 22.3 Å². The summed E-state index contributed by atoms with van der Waals surface area (Å²) in [5, 5.41) is 13.3. The number of nitrogens with zero attached hydrogens (tertiary/aromatic N) is 3. The number of hydrogen-bond acceptors (Lipinski definition) is 4. The van der Waals surface area contributed by atoms with Crippen LogP contribution in [0.2, 0.25) is 0 Å². The Balaban J connectivity index is 2.04. The smallest absolute Gasteiger partial charge is 0.422 e. The minimum Gasteiger partial charge on any atom is -0.422 e. The van der Waals surface area contributed by atoms with Crippen molar-refractivity contribution in [3.63, 3.8) is 0 Å². The van der Waals surface area contributed by atoms with Crippen molar-refractivity contribution in [2.75, 3.05) is 0 Å². The van der Waals surface area contributed by atoms with E-state index in [1.54, 1.807) is 30.3 Å². The van der Waals surface area contributed by atoms with Crippen LogP contribution in [0.5, 0.6) is 5.88 Å². The predicted molar refractivity (Wildman–Crippen MR) is 94.3 cm³/mol. The number of halogens is 4. The van der Waals surface area contributed by atoms with Crippen LogP contribution >= 0.6 is 0 Å². The normalized spacial score (nSPS) is 16.2. The van der Waals surface area contributed by atoms with Gasteiger partial charge < -0.3 is 10.5 Å². The standard InChI is InChI=1S/C20H12F4N4O/c21-12-8-6-11(7-9-12)15-14(10-25)18(26)29-19-16(15)17(20(22,23)24)27-28(19)13-4-2-1-3-5-13/h1-9,15H,26H2/t15-/m0/s1. The van der Waals surface area contributed by atoms with Crippen LogP contribution in [0.15, 0.2) is 66.1 Å². The molecule has 5 nitrogen and oxygen atoms in total. The maximum atomic E-state index is 13.9. The molecular weight excluding hydrogens is 388 g/mol. The fraction of sp³-hybridized carbons (Fsp3) is 0.100. The summed E-state index contributed by atoms with van der Waals surface area (Å²) in [6.07, 6.45) is -4.82. The van der Waals surface area contributed by atoms with E-state index < -0.39 is 23.6 Å². The molecule has 0 spiro atoms. The van der Waals surface area contributed by atoms with Gasteiger partial charge in [-0.2, -0.15) is 28.2 Å². The van der Waals surface area contributed by atoms with Gasteiger partial charge in [0.2, 0.25) is 11.8 Å². The molecule has 0 fully saturated rings. The van der Waals surface area contributed by atoms with Crippen LogP contribution in [0, 0.1) is 17.1 Å². The van der Waals surface area contributed by atoms with Crippen molar-refractivity contribution in [1.29, 1.82) is 5.26 Å². The zero-order valence-electron chi connectivity index (χ0n) is 14.6. The number of aromatic nitrogens is 2. The molecule has 1 aliphatic heterocycles. The number of ether oxygens (including phenoxy) is 1. The zero-order valence-corrected chi connectivity index (χ0v) is 14.6. The van der Waals surface area contributed by atoms with Gasteiger partial charge in [0.25, 0.3) is 0 Å². The molecule has 9 heteroatoms. The molecule has 2 N–H and O–H groups in total. The summed E-state index contributed by atoms with van der Waals surface area (Å²) in [5.41, 5.74) is 4.69. The fourth-order valence-corrected chi connectivity index (χ4v) is 3.28. The topological polar surface area (TPSA) is 76.9 Å². The van der Waals surface area contributed by atoms with E-state index in [1.807, 2.05) is 6.07 Å². The summed E-state index contributed by atoms with van der Waals surface area (Å²) in [6.45, 7) is 0. The van der Waals surface area contributed by atoms with E-state index in [0.717, 1.165) is 16.8 Å². The molecule has 1 atom stereocenters. The van der Waals surface area contributed by atoms with E-state index in [0.29, 0.717) is 5.69 Å². The van der Waals surface area contributed by atoms with Gasteiger partial charge in [-0.15, -0.1) is 0 Å². The maximum absolute atomic E-state index is 13.9. The van der Waals surface area contributed by atoms with E-state index in [4.69, 9.17) is 10.5 Å². The molecule has 4 rings (SSSR count). The first-order valence-electron chi connectivity index (χ1n) is 8.40. The SMILES string of the molecule is N#CC1=C(N)Oc2c(c(C(F)(F)F)nn2-c2ccccc2)[C@H]1c1ccc(F)cc1. The monoisotopic (exact) mass is 400 g/mol. The molecule has 1 aliphatic rings. The molecule has 3 aromatic rings. The van der Waals surface area contributed by atoms with Crippen LogP contribution in [0.4, 0.5) is 17.6 Å². The molecule has 0 saturated carbocycles. The Kier molecular flexibility index (Phi) is 4.27. The van der Waals surface area contributed by atoms with Crippen molar-refractivity contribution in [2.24, 2.45) is 5.73 Å². The van der Waals surface area contributed by atoms with Crippen LogP contribution in [0.3, 0.4) is 0 Å². The Morgan fingerprint density at radius 3 is 2.31 bits per heavy atom. The molecular formula is C20H12F4N4O. The Morgan fingerprint density at radius 2 is 1.72 bits per heavy atom. The lowest BCUT2D eigenvalue weighted by Gasteiger charge is -2.25. The predicted octanol–water partition coefficient (Wildman–Crippen LogP) is 4.25. The molecule has 1 aromatic heterocycles. The Morgan fingerprint density at radius 1 is 1.07 bits per heavy atom. The van der Waals surface area contributed by atoms with Gasteiger partial charge in [-0.1, -0.05) is 30.3 Å². The first-order valence-corrected chi connectivity index (χ1v) is 8.40. The van der Waals surface area contributed by atoms with Gasteiger partial charge in [-0.3, -0.25) is 0 Å². The summed E-state index contributed by atoms with van der Waals surface area (Å²) in [6, 6.07) is 14.7. The first kappa shape index (κ1) is 18.6. The van der Waals surface area contributed by atoms with E-state index in [-0.39, 0.29) is 28.5 Å². The highest BCUT2D eigenvalue weighted by molar-refractivity contribution is 5.57. The molecule has 2 heterocycles. The second-order valence-corrected chi connectivity index (χ2v) is 6.29. The molecule has 0 unspecified atom stereocenters. The summed E-state index contributed by atoms with van der Waals surface area (Å²) in [7, 11) is 0.